The van der Waals surface area contributed by atoms with Gasteiger partial charge in [-0.1, -0.05) is 251 Å². The van der Waals surface area contributed by atoms with Crippen LogP contribution in [0.1, 0.15) is 264 Å². The van der Waals surface area contributed by atoms with Crippen molar-refractivity contribution in [2.45, 2.75) is 369 Å². The Kier molecular flexibility index (Phi) is 44.2. The predicted molar refractivity (Wildman–Crippen MR) is 323 cm³/mol. The van der Waals surface area contributed by atoms with Crippen LogP contribution in [-0.4, -0.2) is 193 Å². The first kappa shape index (κ1) is 76.8. The van der Waals surface area contributed by atoms with E-state index in [4.69, 9.17) is 28.4 Å². The molecule has 3 rings (SSSR count). The van der Waals surface area contributed by atoms with E-state index < -0.39 is 124 Å². The largest absolute Gasteiger partial charge is 0.394 e. The van der Waals surface area contributed by atoms with Gasteiger partial charge in [-0.2, -0.15) is 0 Å². The van der Waals surface area contributed by atoms with Crippen LogP contribution in [0.5, 0.6) is 0 Å². The fourth-order valence-electron chi connectivity index (χ4n) is 11.8. The van der Waals surface area contributed by atoms with Gasteiger partial charge in [0.1, 0.15) is 73.2 Å². The SMILES string of the molecule is CCCCCCCCCCCCCCCCCCC/C=C/C(O)C(COC1OC(CO)C(OC2OC(CO)C(OC3OC(CO)C(O)C(O)C3O)C(O)C2O)C(O)C1O)NC(=O)CCCCCCCCCCCCCCCCCCCCCC. The average Bonchev–Trinajstić information content (AvgIpc) is 2.98. The molecule has 1 amide bonds. The van der Waals surface area contributed by atoms with Gasteiger partial charge in [-0.25, -0.2) is 0 Å². The number of unbranched alkanes of at least 4 members (excludes halogenated alkanes) is 36. The zero-order valence-corrected chi connectivity index (χ0v) is 52.2. The summed E-state index contributed by atoms with van der Waals surface area (Å²) in [4.78, 5) is 13.4. The number of nitrogens with one attached hydrogen (secondary N) is 1. The molecule has 0 spiro atoms. The molecule has 19 heteroatoms. The third-order valence-electron chi connectivity index (χ3n) is 17.3. The molecule has 0 bridgehead atoms. The number of aliphatic hydroxyl groups is 11. The van der Waals surface area contributed by atoms with Crippen molar-refractivity contribution in [2.24, 2.45) is 0 Å². The molecule has 496 valence electrons. The second kappa shape index (κ2) is 48.4. The van der Waals surface area contributed by atoms with Crippen LogP contribution in [0.25, 0.3) is 0 Å². The Morgan fingerprint density at radius 2 is 0.738 bits per heavy atom. The molecule has 3 saturated heterocycles. The van der Waals surface area contributed by atoms with E-state index in [2.05, 4.69) is 19.2 Å². The molecule has 19 nitrogen and oxygen atoms in total. The number of aliphatic hydroxyl groups excluding tert-OH is 11. The number of carbonyl (C=O) groups excluding carboxylic acids is 1. The lowest BCUT2D eigenvalue weighted by Gasteiger charge is -2.48. The highest BCUT2D eigenvalue weighted by Crippen LogP contribution is 2.33. The Bertz CT molecular complexity index is 1580. The van der Waals surface area contributed by atoms with E-state index in [-0.39, 0.29) is 18.9 Å². The Hall–Kier alpha value is -1.47. The minimum absolute atomic E-state index is 0.250. The molecule has 3 aliphatic rings. The topological polar surface area (TPSA) is 307 Å². The maximum Gasteiger partial charge on any atom is 0.220 e. The van der Waals surface area contributed by atoms with Crippen molar-refractivity contribution >= 4 is 5.91 Å². The first-order valence-corrected chi connectivity index (χ1v) is 33.9. The van der Waals surface area contributed by atoms with Crippen molar-refractivity contribution in [1.82, 2.24) is 5.32 Å². The summed E-state index contributed by atoms with van der Waals surface area (Å²) in [5.41, 5.74) is 0. The van der Waals surface area contributed by atoms with E-state index >= 15 is 0 Å². The predicted octanol–water partition coefficient (Wildman–Crippen LogP) is 8.11. The molecular formula is C65H123NO18. The maximum absolute atomic E-state index is 13.4. The zero-order chi connectivity index (χ0) is 61.2. The molecule has 17 unspecified atom stereocenters. The number of rotatable bonds is 52. The van der Waals surface area contributed by atoms with Gasteiger partial charge in [0.25, 0.3) is 0 Å². The van der Waals surface area contributed by atoms with E-state index in [0.29, 0.717) is 6.42 Å². The van der Waals surface area contributed by atoms with Gasteiger partial charge < -0.3 is 89.9 Å². The maximum atomic E-state index is 13.4. The Morgan fingerprint density at radius 3 is 1.12 bits per heavy atom. The molecular weight excluding hydrogens is 1080 g/mol. The molecule has 12 N–H and O–H groups in total. The van der Waals surface area contributed by atoms with Crippen LogP contribution < -0.4 is 5.32 Å². The summed E-state index contributed by atoms with van der Waals surface area (Å²) >= 11 is 0. The van der Waals surface area contributed by atoms with Crippen molar-refractivity contribution < 1.29 is 89.4 Å². The third-order valence-corrected chi connectivity index (χ3v) is 17.3. The van der Waals surface area contributed by atoms with Gasteiger partial charge in [0.2, 0.25) is 5.91 Å². The van der Waals surface area contributed by atoms with Crippen LogP contribution in [-0.2, 0) is 33.2 Å². The lowest BCUT2D eigenvalue weighted by molar-refractivity contribution is -0.379. The molecule has 84 heavy (non-hydrogen) atoms. The summed E-state index contributed by atoms with van der Waals surface area (Å²) in [6.45, 7) is 1.77. The molecule has 0 aromatic rings. The van der Waals surface area contributed by atoms with E-state index in [9.17, 15) is 61.0 Å². The van der Waals surface area contributed by atoms with Crippen LogP contribution >= 0.6 is 0 Å². The number of allylic oxidation sites excluding steroid dienone is 1. The summed E-state index contributed by atoms with van der Waals surface area (Å²) in [5, 5.41) is 120. The summed E-state index contributed by atoms with van der Waals surface area (Å²) in [5.74, 6) is -0.270. The van der Waals surface area contributed by atoms with E-state index in [1.807, 2.05) is 6.08 Å². The van der Waals surface area contributed by atoms with Crippen LogP contribution in [0.3, 0.4) is 0 Å². The van der Waals surface area contributed by atoms with Crippen molar-refractivity contribution in [1.29, 1.82) is 0 Å². The third kappa shape index (κ3) is 30.8. The normalized spacial score (nSPS) is 29.2. The van der Waals surface area contributed by atoms with E-state index in [0.717, 1.165) is 44.9 Å². The van der Waals surface area contributed by atoms with E-state index in [1.54, 1.807) is 6.08 Å². The number of amides is 1. The standard InChI is InChI=1S/C65H123NO18/c1-3-5-7-9-11-13-15-17-19-21-23-25-27-29-31-33-35-37-39-41-43-53(71)66-48(49(70)42-40-38-36-34-32-30-28-26-24-22-20-18-16-14-12-10-8-6-4-2)47-79-63-59(77)56(74)61(51(45-68)81-63)84-65-60(78)57(75)62(52(46-69)82-65)83-64-58(76)55(73)54(72)50(44-67)80-64/h40,42,48-52,54-65,67-70,72-78H,3-39,41,43-47H2,1-2H3,(H,66,71)/b42-40+. The molecule has 3 fully saturated rings. The average molecular weight is 1210 g/mol. The first-order valence-electron chi connectivity index (χ1n) is 33.9. The minimum Gasteiger partial charge on any atom is -0.394 e. The molecule has 3 heterocycles. The van der Waals surface area contributed by atoms with Crippen LogP contribution in [0.4, 0.5) is 0 Å². The summed E-state index contributed by atoms with van der Waals surface area (Å²) < 4.78 is 34.3. The quantitative estimate of drug-likeness (QED) is 0.0202. The molecule has 0 radical (unpaired) electrons. The Balaban J connectivity index is 1.46. The van der Waals surface area contributed by atoms with Gasteiger partial charge in [-0.05, 0) is 19.3 Å². The molecule has 0 aromatic carbocycles. The molecule has 0 aliphatic carbocycles. The van der Waals surface area contributed by atoms with Gasteiger partial charge in [-0.3, -0.25) is 4.79 Å². The van der Waals surface area contributed by atoms with Gasteiger partial charge in [-0.15, -0.1) is 0 Å². The summed E-state index contributed by atoms with van der Waals surface area (Å²) in [7, 11) is 0. The van der Waals surface area contributed by atoms with Crippen molar-refractivity contribution in [3.05, 3.63) is 12.2 Å². The molecule has 0 aromatic heterocycles. The van der Waals surface area contributed by atoms with Crippen molar-refractivity contribution in [3.8, 4) is 0 Å². The van der Waals surface area contributed by atoms with Crippen LogP contribution in [0, 0.1) is 0 Å². The van der Waals surface area contributed by atoms with Crippen molar-refractivity contribution in [2.75, 3.05) is 26.4 Å². The van der Waals surface area contributed by atoms with E-state index in [1.165, 1.54) is 193 Å². The number of ether oxygens (including phenoxy) is 6. The second-order valence-electron chi connectivity index (χ2n) is 24.7. The Morgan fingerprint density at radius 1 is 0.417 bits per heavy atom. The van der Waals surface area contributed by atoms with Gasteiger partial charge >= 0.3 is 0 Å². The van der Waals surface area contributed by atoms with Crippen LogP contribution in [0.15, 0.2) is 12.2 Å². The monoisotopic (exact) mass is 1210 g/mol. The summed E-state index contributed by atoms with van der Waals surface area (Å²) in [6.07, 6.45) is 24.7. The lowest BCUT2D eigenvalue weighted by Crippen LogP contribution is -2.66. The smallest absolute Gasteiger partial charge is 0.220 e. The fraction of sp³-hybridized carbons (Fsp3) is 0.954. The highest BCUT2D eigenvalue weighted by Gasteiger charge is 2.53. The highest BCUT2D eigenvalue weighted by molar-refractivity contribution is 5.76. The van der Waals surface area contributed by atoms with Gasteiger partial charge in [0.05, 0.1) is 38.6 Å². The first-order chi connectivity index (χ1) is 40.8. The molecule has 17 atom stereocenters. The molecule has 0 saturated carbocycles. The Labute approximate surface area is 506 Å². The molecule has 3 aliphatic heterocycles. The van der Waals surface area contributed by atoms with Crippen molar-refractivity contribution in [3.63, 3.8) is 0 Å². The minimum atomic E-state index is -1.98. The number of carbonyl (C=O) groups is 1. The van der Waals surface area contributed by atoms with Gasteiger partial charge in [0.15, 0.2) is 18.9 Å². The number of hydrogen-bond acceptors (Lipinski definition) is 18. The van der Waals surface area contributed by atoms with Gasteiger partial charge in [0, 0.05) is 6.42 Å². The highest BCUT2D eigenvalue weighted by atomic mass is 16.8. The zero-order valence-electron chi connectivity index (χ0n) is 52.2. The second-order valence-corrected chi connectivity index (χ2v) is 24.7. The summed E-state index contributed by atoms with van der Waals surface area (Å²) in [6, 6.07) is -0.968. The van der Waals surface area contributed by atoms with Crippen LogP contribution in [0.2, 0.25) is 0 Å². The number of hydrogen-bond donors (Lipinski definition) is 12. The fourth-order valence-corrected chi connectivity index (χ4v) is 11.8. The lowest BCUT2D eigenvalue weighted by atomic mass is 9.96.